The Kier molecular flexibility index (Phi) is 4.33. The number of carboxylic acid groups (broad SMARTS) is 1. The lowest BCUT2D eigenvalue weighted by atomic mass is 10.2. The van der Waals surface area contributed by atoms with Crippen molar-refractivity contribution in [2.24, 2.45) is 0 Å². The van der Waals surface area contributed by atoms with Crippen molar-refractivity contribution in [3.8, 4) is 6.07 Å². The van der Waals surface area contributed by atoms with E-state index in [4.69, 9.17) is 10.4 Å². The average Bonchev–Trinajstić information content (AvgIpc) is 2.45. The summed E-state index contributed by atoms with van der Waals surface area (Å²) in [5.41, 5.74) is 2.33. The van der Waals surface area contributed by atoms with Crippen molar-refractivity contribution >= 4 is 27.6 Å². The van der Waals surface area contributed by atoms with Crippen molar-refractivity contribution in [2.75, 3.05) is 5.32 Å². The molecule has 0 aliphatic rings. The summed E-state index contributed by atoms with van der Waals surface area (Å²) in [4.78, 5) is 14.5. The molecule has 2 N–H and O–H groups in total. The minimum atomic E-state index is -1.04. The van der Waals surface area contributed by atoms with Gasteiger partial charge in [0, 0.05) is 22.9 Å². The Morgan fingerprint density at radius 2 is 2.20 bits per heavy atom. The Hall–Kier alpha value is -2.39. The molecule has 1 aromatic carbocycles. The van der Waals surface area contributed by atoms with Gasteiger partial charge in [-0.15, -0.1) is 0 Å². The van der Waals surface area contributed by atoms with E-state index in [1.165, 1.54) is 12.3 Å². The summed E-state index contributed by atoms with van der Waals surface area (Å²) in [6.07, 6.45) is 1.52. The number of carboxylic acids is 1. The SMILES string of the molecule is N#Cc1ccc(NCc2ccc(C(=O)O)nc2)cc1Br. The summed E-state index contributed by atoms with van der Waals surface area (Å²) in [5.74, 6) is -1.04. The molecule has 0 aliphatic heterocycles. The van der Waals surface area contributed by atoms with Crippen molar-refractivity contribution in [3.05, 3.63) is 57.8 Å². The second-order valence-electron chi connectivity index (χ2n) is 4.02. The Morgan fingerprint density at radius 3 is 2.75 bits per heavy atom. The largest absolute Gasteiger partial charge is 0.477 e. The molecule has 100 valence electrons. The molecule has 0 fully saturated rings. The predicted octanol–water partition coefficient (Wildman–Crippen LogP) is 3.03. The molecule has 2 rings (SSSR count). The van der Waals surface area contributed by atoms with E-state index in [0.717, 1.165) is 15.7 Å². The van der Waals surface area contributed by atoms with Gasteiger partial charge in [-0.05, 0) is 45.8 Å². The van der Waals surface area contributed by atoms with Gasteiger partial charge in [0.05, 0.1) is 5.56 Å². The lowest BCUT2D eigenvalue weighted by Crippen LogP contribution is -2.03. The van der Waals surface area contributed by atoms with Gasteiger partial charge in [0.15, 0.2) is 0 Å². The molecular weight excluding hydrogens is 322 g/mol. The van der Waals surface area contributed by atoms with Crippen LogP contribution in [-0.2, 0) is 6.54 Å². The van der Waals surface area contributed by atoms with Gasteiger partial charge in [-0.1, -0.05) is 6.07 Å². The van der Waals surface area contributed by atoms with Crippen LogP contribution in [0.2, 0.25) is 0 Å². The average molecular weight is 332 g/mol. The Morgan fingerprint density at radius 1 is 1.40 bits per heavy atom. The molecule has 20 heavy (non-hydrogen) atoms. The molecule has 0 amide bonds. The fourth-order valence-corrected chi connectivity index (χ4v) is 2.04. The van der Waals surface area contributed by atoms with E-state index < -0.39 is 5.97 Å². The minimum Gasteiger partial charge on any atom is -0.477 e. The van der Waals surface area contributed by atoms with E-state index in [9.17, 15) is 4.79 Å². The number of carbonyl (C=O) groups is 1. The van der Waals surface area contributed by atoms with Crippen molar-refractivity contribution in [2.45, 2.75) is 6.54 Å². The van der Waals surface area contributed by atoms with Gasteiger partial charge in [-0.2, -0.15) is 5.26 Å². The molecule has 0 aliphatic carbocycles. The molecule has 1 heterocycles. The molecule has 1 aromatic heterocycles. The zero-order valence-electron chi connectivity index (χ0n) is 10.3. The molecule has 0 bridgehead atoms. The molecule has 2 aromatic rings. The second-order valence-corrected chi connectivity index (χ2v) is 4.87. The number of pyridine rings is 1. The Balaban J connectivity index is 2.03. The summed E-state index contributed by atoms with van der Waals surface area (Å²) < 4.78 is 0.726. The molecule has 6 heteroatoms. The van der Waals surface area contributed by atoms with Gasteiger partial charge in [0.2, 0.25) is 0 Å². The summed E-state index contributed by atoms with van der Waals surface area (Å²) in [5, 5.41) is 20.8. The number of rotatable bonds is 4. The first kappa shape index (κ1) is 14.0. The van der Waals surface area contributed by atoms with E-state index in [1.807, 2.05) is 12.1 Å². The second kappa shape index (κ2) is 6.17. The zero-order valence-corrected chi connectivity index (χ0v) is 11.9. The van der Waals surface area contributed by atoms with Crippen LogP contribution >= 0.6 is 15.9 Å². The van der Waals surface area contributed by atoms with Gasteiger partial charge in [-0.3, -0.25) is 0 Å². The number of nitriles is 1. The number of nitrogens with one attached hydrogen (secondary N) is 1. The fraction of sp³-hybridized carbons (Fsp3) is 0.0714. The first-order valence-corrected chi connectivity index (χ1v) is 6.51. The van der Waals surface area contributed by atoms with Crippen molar-refractivity contribution in [3.63, 3.8) is 0 Å². The van der Waals surface area contributed by atoms with Crippen LogP contribution in [0.3, 0.4) is 0 Å². The first-order chi connectivity index (χ1) is 9.60. The topological polar surface area (TPSA) is 86.0 Å². The van der Waals surface area contributed by atoms with Crippen LogP contribution in [0.5, 0.6) is 0 Å². The van der Waals surface area contributed by atoms with Crippen LogP contribution in [0.4, 0.5) is 5.69 Å². The number of anilines is 1. The van der Waals surface area contributed by atoms with Crippen molar-refractivity contribution in [1.29, 1.82) is 5.26 Å². The smallest absolute Gasteiger partial charge is 0.354 e. The van der Waals surface area contributed by atoms with Crippen molar-refractivity contribution in [1.82, 2.24) is 4.98 Å². The van der Waals surface area contributed by atoms with E-state index in [0.29, 0.717) is 12.1 Å². The Bertz CT molecular complexity index is 678. The highest BCUT2D eigenvalue weighted by Crippen LogP contribution is 2.21. The molecule has 0 spiro atoms. The quantitative estimate of drug-likeness (QED) is 0.899. The lowest BCUT2D eigenvalue weighted by Gasteiger charge is -2.07. The van der Waals surface area contributed by atoms with Crippen LogP contribution in [0.25, 0.3) is 0 Å². The van der Waals surface area contributed by atoms with Crippen LogP contribution in [0.1, 0.15) is 21.6 Å². The highest BCUT2D eigenvalue weighted by Gasteiger charge is 2.04. The van der Waals surface area contributed by atoms with Crippen molar-refractivity contribution < 1.29 is 9.90 Å². The maximum atomic E-state index is 10.7. The zero-order chi connectivity index (χ0) is 14.5. The summed E-state index contributed by atoms with van der Waals surface area (Å²) in [6, 6.07) is 10.6. The summed E-state index contributed by atoms with van der Waals surface area (Å²) in [7, 11) is 0. The third kappa shape index (κ3) is 3.33. The summed E-state index contributed by atoms with van der Waals surface area (Å²) in [6.45, 7) is 0.519. The molecular formula is C14H10BrN3O2. The van der Waals surface area contributed by atoms with E-state index in [1.54, 1.807) is 12.1 Å². The highest BCUT2D eigenvalue weighted by atomic mass is 79.9. The number of benzene rings is 1. The van der Waals surface area contributed by atoms with Crippen LogP contribution in [0.15, 0.2) is 41.0 Å². The van der Waals surface area contributed by atoms with Gasteiger partial charge in [0.25, 0.3) is 0 Å². The third-order valence-electron chi connectivity index (χ3n) is 2.63. The number of aromatic carboxylic acids is 1. The van der Waals surface area contributed by atoms with E-state index >= 15 is 0 Å². The number of nitrogens with zero attached hydrogens (tertiary/aromatic N) is 2. The van der Waals surface area contributed by atoms with Gasteiger partial charge in [0.1, 0.15) is 11.8 Å². The number of hydrogen-bond donors (Lipinski definition) is 2. The minimum absolute atomic E-state index is 0.0230. The monoisotopic (exact) mass is 331 g/mol. The van der Waals surface area contributed by atoms with Crippen LogP contribution < -0.4 is 5.32 Å². The maximum Gasteiger partial charge on any atom is 0.354 e. The van der Waals surface area contributed by atoms with Gasteiger partial charge in [-0.25, -0.2) is 9.78 Å². The molecule has 0 radical (unpaired) electrons. The maximum absolute atomic E-state index is 10.7. The molecule has 0 saturated heterocycles. The Labute approximate surface area is 124 Å². The number of aromatic nitrogens is 1. The molecule has 0 saturated carbocycles. The van der Waals surface area contributed by atoms with Gasteiger partial charge >= 0.3 is 5.97 Å². The lowest BCUT2D eigenvalue weighted by molar-refractivity contribution is 0.0690. The first-order valence-electron chi connectivity index (χ1n) is 5.72. The highest BCUT2D eigenvalue weighted by molar-refractivity contribution is 9.10. The molecule has 0 atom stereocenters. The normalized spacial score (nSPS) is 9.80. The van der Waals surface area contributed by atoms with E-state index in [2.05, 4.69) is 32.3 Å². The molecule has 0 unspecified atom stereocenters. The van der Waals surface area contributed by atoms with Gasteiger partial charge < -0.3 is 10.4 Å². The van der Waals surface area contributed by atoms with Crippen LogP contribution in [-0.4, -0.2) is 16.1 Å². The standard InChI is InChI=1S/C14H10BrN3O2/c15-12-5-11(3-2-10(12)6-16)17-7-9-1-4-13(14(19)20)18-8-9/h1-5,8,17H,7H2,(H,19,20). The summed E-state index contributed by atoms with van der Waals surface area (Å²) >= 11 is 3.32. The number of hydrogen-bond acceptors (Lipinski definition) is 4. The molecule has 5 nitrogen and oxygen atoms in total. The van der Waals surface area contributed by atoms with Crippen LogP contribution in [0, 0.1) is 11.3 Å². The fourth-order valence-electron chi connectivity index (χ4n) is 1.58. The third-order valence-corrected chi connectivity index (χ3v) is 3.29. The number of halogens is 1. The van der Waals surface area contributed by atoms with E-state index in [-0.39, 0.29) is 5.69 Å². The predicted molar refractivity (Wildman–Crippen MR) is 77.4 cm³/mol.